The summed E-state index contributed by atoms with van der Waals surface area (Å²) in [5.41, 5.74) is 3.16. The van der Waals surface area contributed by atoms with E-state index in [1.807, 2.05) is 30.3 Å². The van der Waals surface area contributed by atoms with Crippen LogP contribution in [0.15, 0.2) is 53.1 Å². The average molecular weight is 422 g/mol. The van der Waals surface area contributed by atoms with E-state index in [9.17, 15) is 4.79 Å². The summed E-state index contributed by atoms with van der Waals surface area (Å²) in [5, 5.41) is 7.74. The molecule has 30 heavy (non-hydrogen) atoms. The number of nitrogens with one attached hydrogen (secondary N) is 1. The number of carbonyl (C=O) groups excluding carboxylic acids is 1. The van der Waals surface area contributed by atoms with Gasteiger partial charge in [-0.25, -0.2) is 4.98 Å². The van der Waals surface area contributed by atoms with Crippen molar-refractivity contribution in [3.63, 3.8) is 0 Å². The quantitative estimate of drug-likeness (QED) is 0.507. The van der Waals surface area contributed by atoms with E-state index in [4.69, 9.17) is 25.6 Å². The van der Waals surface area contributed by atoms with Gasteiger partial charge in [-0.05, 0) is 13.0 Å². The third-order valence-electron chi connectivity index (χ3n) is 4.81. The van der Waals surface area contributed by atoms with Crippen molar-refractivity contribution in [2.45, 2.75) is 6.92 Å². The molecule has 7 nitrogen and oxygen atoms in total. The summed E-state index contributed by atoms with van der Waals surface area (Å²) < 4.78 is 16.5. The van der Waals surface area contributed by atoms with Crippen LogP contribution < -0.4 is 14.8 Å². The largest absolute Gasteiger partial charge is 0.486 e. The Balaban J connectivity index is 1.57. The third kappa shape index (κ3) is 3.23. The highest BCUT2D eigenvalue weighted by Crippen LogP contribution is 2.38. The second-order valence-corrected chi connectivity index (χ2v) is 7.21. The van der Waals surface area contributed by atoms with Crippen molar-refractivity contribution in [2.24, 2.45) is 0 Å². The fraction of sp³-hybridized carbons (Fsp3) is 0.136. The van der Waals surface area contributed by atoms with Crippen LogP contribution in [0.25, 0.3) is 22.4 Å². The number of amides is 1. The summed E-state index contributed by atoms with van der Waals surface area (Å²) in [6.07, 6.45) is 0. The Morgan fingerprint density at radius 2 is 1.80 bits per heavy atom. The lowest BCUT2D eigenvalue weighted by molar-refractivity contribution is 0.102. The fourth-order valence-corrected chi connectivity index (χ4v) is 3.58. The number of benzene rings is 2. The average Bonchev–Trinajstić information content (AvgIpc) is 3.15. The number of carbonyl (C=O) groups is 1. The minimum absolute atomic E-state index is 0.298. The SMILES string of the molecule is Cc1noc2nc(-c3ccccc3)cc(C(=O)Nc3cc4c(cc3Cl)OCCO4)c12. The number of anilines is 1. The van der Waals surface area contributed by atoms with E-state index >= 15 is 0 Å². The maximum atomic E-state index is 13.2. The first-order valence-electron chi connectivity index (χ1n) is 9.33. The van der Waals surface area contributed by atoms with Crippen LogP contribution in [0, 0.1) is 6.92 Å². The Hall–Kier alpha value is -3.58. The minimum Gasteiger partial charge on any atom is -0.486 e. The third-order valence-corrected chi connectivity index (χ3v) is 5.12. The van der Waals surface area contributed by atoms with Crippen molar-refractivity contribution < 1.29 is 18.8 Å². The van der Waals surface area contributed by atoms with Crippen LogP contribution >= 0.6 is 11.6 Å². The summed E-state index contributed by atoms with van der Waals surface area (Å²) in [4.78, 5) is 17.8. The molecule has 5 rings (SSSR count). The van der Waals surface area contributed by atoms with E-state index in [1.165, 1.54) is 0 Å². The molecule has 0 radical (unpaired) electrons. The van der Waals surface area contributed by atoms with E-state index in [0.29, 0.717) is 63.5 Å². The molecule has 0 saturated carbocycles. The number of hydrogen-bond acceptors (Lipinski definition) is 6. The van der Waals surface area contributed by atoms with Crippen molar-refractivity contribution in [1.29, 1.82) is 0 Å². The highest BCUT2D eigenvalue weighted by molar-refractivity contribution is 6.34. The van der Waals surface area contributed by atoms with Crippen LogP contribution in [0.4, 0.5) is 5.69 Å². The molecule has 2 aromatic heterocycles. The molecule has 0 fully saturated rings. The molecule has 0 saturated heterocycles. The van der Waals surface area contributed by atoms with E-state index < -0.39 is 0 Å². The fourth-order valence-electron chi connectivity index (χ4n) is 3.38. The second-order valence-electron chi connectivity index (χ2n) is 6.80. The molecule has 4 aromatic rings. The minimum atomic E-state index is -0.357. The van der Waals surface area contributed by atoms with Gasteiger partial charge in [0, 0.05) is 17.7 Å². The van der Waals surface area contributed by atoms with Gasteiger partial charge in [-0.3, -0.25) is 4.79 Å². The number of nitrogens with zero attached hydrogens (tertiary/aromatic N) is 2. The maximum Gasteiger partial charge on any atom is 0.259 e. The summed E-state index contributed by atoms with van der Waals surface area (Å²) >= 11 is 6.35. The number of aromatic nitrogens is 2. The molecule has 0 bridgehead atoms. The number of pyridine rings is 1. The first kappa shape index (κ1) is 18.4. The molecule has 3 heterocycles. The van der Waals surface area contributed by atoms with Crippen LogP contribution in [0.2, 0.25) is 5.02 Å². The van der Waals surface area contributed by atoms with Crippen molar-refractivity contribution >= 4 is 34.3 Å². The molecule has 1 aliphatic heterocycles. The predicted octanol–water partition coefficient (Wildman–Crippen LogP) is 4.88. The van der Waals surface area contributed by atoms with E-state index in [0.717, 1.165) is 5.56 Å². The molecule has 1 aliphatic rings. The lowest BCUT2D eigenvalue weighted by atomic mass is 10.0. The molecule has 0 aliphatic carbocycles. The predicted molar refractivity (Wildman–Crippen MR) is 112 cm³/mol. The molecule has 2 aromatic carbocycles. The van der Waals surface area contributed by atoms with Gasteiger partial charge in [0.15, 0.2) is 11.5 Å². The summed E-state index contributed by atoms with van der Waals surface area (Å²) in [6, 6.07) is 14.6. The van der Waals surface area contributed by atoms with Crippen LogP contribution in [-0.2, 0) is 0 Å². The van der Waals surface area contributed by atoms with Gasteiger partial charge in [-0.15, -0.1) is 0 Å². The molecule has 0 atom stereocenters. The number of aryl methyl sites for hydroxylation is 1. The summed E-state index contributed by atoms with van der Waals surface area (Å²) in [5.74, 6) is 0.730. The Morgan fingerprint density at radius 3 is 2.57 bits per heavy atom. The monoisotopic (exact) mass is 421 g/mol. The van der Waals surface area contributed by atoms with Crippen LogP contribution in [0.3, 0.4) is 0 Å². The van der Waals surface area contributed by atoms with Crippen LogP contribution in [-0.4, -0.2) is 29.3 Å². The van der Waals surface area contributed by atoms with E-state index in [2.05, 4.69) is 15.5 Å². The molecule has 0 spiro atoms. The topological polar surface area (TPSA) is 86.5 Å². The molecular formula is C22H16ClN3O4. The molecular weight excluding hydrogens is 406 g/mol. The molecule has 0 unspecified atom stereocenters. The lowest BCUT2D eigenvalue weighted by Gasteiger charge is -2.20. The van der Waals surface area contributed by atoms with Gasteiger partial charge in [0.05, 0.1) is 33.0 Å². The van der Waals surface area contributed by atoms with E-state index in [1.54, 1.807) is 25.1 Å². The highest BCUT2D eigenvalue weighted by atomic mass is 35.5. The Bertz CT molecular complexity index is 1270. The van der Waals surface area contributed by atoms with Gasteiger partial charge < -0.3 is 19.3 Å². The smallest absolute Gasteiger partial charge is 0.259 e. The first-order chi connectivity index (χ1) is 14.6. The van der Waals surface area contributed by atoms with Gasteiger partial charge in [-0.1, -0.05) is 47.1 Å². The second kappa shape index (κ2) is 7.35. The summed E-state index contributed by atoms with van der Waals surface area (Å²) in [7, 11) is 0. The normalized spacial score (nSPS) is 12.7. The first-order valence-corrected chi connectivity index (χ1v) is 9.71. The molecule has 150 valence electrons. The standard InChI is InChI=1S/C22H16ClN3O4/c1-12-20-14(9-16(25-22(20)30-26-12)13-5-3-2-4-6-13)21(27)24-17-11-19-18(10-15(17)23)28-7-8-29-19/h2-6,9-11H,7-8H2,1H3,(H,24,27). The van der Waals surface area contributed by atoms with Crippen molar-refractivity contribution in [1.82, 2.24) is 10.1 Å². The van der Waals surface area contributed by atoms with Gasteiger partial charge in [0.2, 0.25) is 0 Å². The zero-order valence-electron chi connectivity index (χ0n) is 15.9. The Kier molecular flexibility index (Phi) is 4.52. The number of hydrogen-bond donors (Lipinski definition) is 1. The van der Waals surface area contributed by atoms with E-state index in [-0.39, 0.29) is 5.91 Å². The molecule has 1 amide bonds. The van der Waals surface area contributed by atoms with Gasteiger partial charge >= 0.3 is 0 Å². The zero-order chi connectivity index (χ0) is 20.7. The van der Waals surface area contributed by atoms with Gasteiger partial charge in [-0.2, -0.15) is 0 Å². The number of fused-ring (bicyclic) bond motifs is 2. The number of ether oxygens (including phenoxy) is 2. The highest BCUT2D eigenvalue weighted by Gasteiger charge is 2.22. The Morgan fingerprint density at radius 1 is 1.07 bits per heavy atom. The zero-order valence-corrected chi connectivity index (χ0v) is 16.7. The van der Waals surface area contributed by atoms with Gasteiger partial charge in [0.1, 0.15) is 13.2 Å². The van der Waals surface area contributed by atoms with Crippen molar-refractivity contribution in [3.8, 4) is 22.8 Å². The van der Waals surface area contributed by atoms with Crippen LogP contribution in [0.1, 0.15) is 16.1 Å². The van der Waals surface area contributed by atoms with Crippen LogP contribution in [0.5, 0.6) is 11.5 Å². The lowest BCUT2D eigenvalue weighted by Crippen LogP contribution is -2.17. The van der Waals surface area contributed by atoms with Crippen molar-refractivity contribution in [3.05, 3.63) is 64.8 Å². The number of halogens is 1. The number of rotatable bonds is 3. The molecule has 1 N–H and O–H groups in total. The van der Waals surface area contributed by atoms with Gasteiger partial charge in [0.25, 0.3) is 11.6 Å². The maximum absolute atomic E-state index is 13.2. The Labute approximate surface area is 176 Å². The van der Waals surface area contributed by atoms with Crippen molar-refractivity contribution in [2.75, 3.05) is 18.5 Å². The summed E-state index contributed by atoms with van der Waals surface area (Å²) in [6.45, 7) is 2.66. The molecule has 8 heteroatoms.